The molecule has 0 bridgehead atoms. The molecule has 0 unspecified atom stereocenters. The van der Waals surface area contributed by atoms with Gasteiger partial charge < -0.3 is 9.47 Å². The van der Waals surface area contributed by atoms with Crippen molar-refractivity contribution in [2.24, 2.45) is 5.41 Å². The summed E-state index contributed by atoms with van der Waals surface area (Å²) in [7, 11) is 2.15. The van der Waals surface area contributed by atoms with Crippen molar-refractivity contribution in [1.82, 2.24) is 0 Å². The number of hydrogen-bond donors (Lipinski definition) is 0. The average molecular weight is 461 g/mol. The first-order valence-electron chi connectivity index (χ1n) is 12.4. The fourth-order valence-electron chi connectivity index (χ4n) is 6.00. The van der Waals surface area contributed by atoms with Crippen molar-refractivity contribution in [3.05, 3.63) is 87.6 Å². The highest BCUT2D eigenvalue weighted by atomic mass is 28.3. The van der Waals surface area contributed by atoms with Gasteiger partial charge in [0.25, 0.3) is 0 Å². The van der Waals surface area contributed by atoms with E-state index in [1.807, 2.05) is 13.2 Å². The Morgan fingerprint density at radius 2 is 1.64 bits per heavy atom. The standard InChI is InChI=1S/C30H40O2Si/c1-30-20-25(32-3)19-28(30)26(16-15-23-13-10-14-24(17-23)31-2)27(29(21-30)33(4,5)6)18-22-11-8-7-9-12-22/h7-14,17,25H,15-16,18-21H2,1-6H3/t25-,30+/m0/s1. The minimum Gasteiger partial charge on any atom is -0.497 e. The second kappa shape index (κ2) is 9.64. The molecule has 2 aliphatic carbocycles. The van der Waals surface area contributed by atoms with Crippen molar-refractivity contribution in [2.75, 3.05) is 14.2 Å². The van der Waals surface area contributed by atoms with Crippen LogP contribution in [0.2, 0.25) is 19.6 Å². The summed E-state index contributed by atoms with van der Waals surface area (Å²) in [6.07, 6.45) is 6.96. The summed E-state index contributed by atoms with van der Waals surface area (Å²) in [5, 5.41) is 1.77. The van der Waals surface area contributed by atoms with Crippen LogP contribution < -0.4 is 4.74 Å². The molecule has 1 fully saturated rings. The third-order valence-electron chi connectivity index (χ3n) is 7.76. The zero-order valence-corrected chi connectivity index (χ0v) is 22.3. The second-order valence-corrected chi connectivity index (χ2v) is 16.3. The lowest BCUT2D eigenvalue weighted by molar-refractivity contribution is 0.0975. The molecule has 3 heteroatoms. The quantitative estimate of drug-likeness (QED) is 0.378. The van der Waals surface area contributed by atoms with Gasteiger partial charge in [0, 0.05) is 7.11 Å². The largest absolute Gasteiger partial charge is 0.497 e. The van der Waals surface area contributed by atoms with E-state index in [0.717, 1.165) is 37.9 Å². The Labute approximate surface area is 201 Å². The molecule has 2 aromatic rings. The van der Waals surface area contributed by atoms with Crippen LogP contribution >= 0.6 is 0 Å². The van der Waals surface area contributed by atoms with Crippen LogP contribution in [0.3, 0.4) is 0 Å². The summed E-state index contributed by atoms with van der Waals surface area (Å²) in [6, 6.07) is 19.6. The Morgan fingerprint density at radius 1 is 0.909 bits per heavy atom. The minimum absolute atomic E-state index is 0.236. The maximum absolute atomic E-state index is 5.93. The minimum atomic E-state index is -1.49. The van der Waals surface area contributed by atoms with Crippen LogP contribution in [0.5, 0.6) is 5.75 Å². The summed E-state index contributed by atoms with van der Waals surface area (Å²) in [5.41, 5.74) is 7.96. The molecule has 2 atom stereocenters. The molecule has 0 N–H and O–H groups in total. The molecule has 0 saturated heterocycles. The lowest BCUT2D eigenvalue weighted by atomic mass is 9.71. The molecule has 0 heterocycles. The number of allylic oxidation sites excluding steroid dienone is 3. The molecule has 176 valence electrons. The van der Waals surface area contributed by atoms with Gasteiger partial charge >= 0.3 is 0 Å². The van der Waals surface area contributed by atoms with E-state index in [9.17, 15) is 0 Å². The molecule has 2 aromatic carbocycles. The summed E-state index contributed by atoms with van der Waals surface area (Å²) in [4.78, 5) is 0. The number of hydrogen-bond acceptors (Lipinski definition) is 2. The van der Waals surface area contributed by atoms with Gasteiger partial charge in [-0.15, -0.1) is 0 Å². The van der Waals surface area contributed by atoms with Crippen molar-refractivity contribution in [3.63, 3.8) is 0 Å². The zero-order chi connectivity index (χ0) is 23.6. The number of fused-ring (bicyclic) bond motifs is 1. The number of rotatable bonds is 8. The van der Waals surface area contributed by atoms with E-state index in [2.05, 4.69) is 75.1 Å². The van der Waals surface area contributed by atoms with Crippen LogP contribution in [0.15, 0.2) is 76.5 Å². The van der Waals surface area contributed by atoms with Crippen LogP contribution in [0.1, 0.15) is 43.7 Å². The van der Waals surface area contributed by atoms with Gasteiger partial charge in [-0.1, -0.05) is 79.8 Å². The molecule has 0 spiro atoms. The third-order valence-corrected chi connectivity index (χ3v) is 10.0. The Hall–Kier alpha value is -2.10. The topological polar surface area (TPSA) is 18.5 Å². The normalized spacial score (nSPS) is 23.2. The number of ether oxygens (including phenoxy) is 2. The first-order valence-corrected chi connectivity index (χ1v) is 15.9. The van der Waals surface area contributed by atoms with Crippen LogP contribution in [0, 0.1) is 5.41 Å². The Kier molecular flexibility index (Phi) is 7.02. The van der Waals surface area contributed by atoms with Crippen molar-refractivity contribution >= 4 is 8.07 Å². The smallest absolute Gasteiger partial charge is 0.119 e. The van der Waals surface area contributed by atoms with Gasteiger partial charge in [0.05, 0.1) is 21.3 Å². The van der Waals surface area contributed by atoms with Gasteiger partial charge in [0.2, 0.25) is 0 Å². The van der Waals surface area contributed by atoms with Crippen molar-refractivity contribution in [1.29, 1.82) is 0 Å². The van der Waals surface area contributed by atoms with Crippen LogP contribution in [0.4, 0.5) is 0 Å². The summed E-state index contributed by atoms with van der Waals surface area (Å²) in [6.45, 7) is 10.1. The molecule has 33 heavy (non-hydrogen) atoms. The van der Waals surface area contributed by atoms with E-state index >= 15 is 0 Å². The molecule has 1 saturated carbocycles. The zero-order valence-electron chi connectivity index (χ0n) is 21.3. The van der Waals surface area contributed by atoms with E-state index < -0.39 is 8.07 Å². The highest BCUT2D eigenvalue weighted by molar-refractivity contribution is 6.83. The number of aryl methyl sites for hydroxylation is 1. The molecule has 0 aliphatic heterocycles. The van der Waals surface area contributed by atoms with Gasteiger partial charge in [-0.25, -0.2) is 0 Å². The van der Waals surface area contributed by atoms with Gasteiger partial charge in [-0.3, -0.25) is 0 Å². The monoisotopic (exact) mass is 460 g/mol. The predicted octanol–water partition coefficient (Wildman–Crippen LogP) is 7.56. The fraction of sp³-hybridized carbons (Fsp3) is 0.467. The maximum atomic E-state index is 5.93. The number of benzene rings is 2. The Bertz CT molecular complexity index is 1040. The molecule has 4 rings (SSSR count). The predicted molar refractivity (Wildman–Crippen MR) is 142 cm³/mol. The summed E-state index contributed by atoms with van der Waals surface area (Å²) >= 11 is 0. The lowest BCUT2D eigenvalue weighted by Crippen LogP contribution is -2.34. The highest BCUT2D eigenvalue weighted by Crippen LogP contribution is 2.56. The lowest BCUT2D eigenvalue weighted by Gasteiger charge is -2.41. The van der Waals surface area contributed by atoms with Gasteiger partial charge in [0.15, 0.2) is 0 Å². The first-order chi connectivity index (χ1) is 15.7. The van der Waals surface area contributed by atoms with Gasteiger partial charge in [-0.2, -0.15) is 0 Å². The molecule has 2 aliphatic rings. The van der Waals surface area contributed by atoms with E-state index in [1.165, 1.54) is 17.5 Å². The summed E-state index contributed by atoms with van der Waals surface area (Å²) in [5.74, 6) is 0.946. The molecule has 2 nitrogen and oxygen atoms in total. The molecule has 0 amide bonds. The van der Waals surface area contributed by atoms with Crippen molar-refractivity contribution < 1.29 is 9.47 Å². The number of methoxy groups -OCH3 is 2. The molecule has 0 aromatic heterocycles. The average Bonchev–Trinajstić information content (AvgIpc) is 3.15. The SMILES string of the molecule is COc1cccc(CCC2=C3C[C@H](OC)C[C@]3(C)CC([Si](C)(C)C)=C2Cc2ccccc2)c1. The van der Waals surface area contributed by atoms with Crippen molar-refractivity contribution in [3.8, 4) is 5.75 Å². The molecule has 0 radical (unpaired) electrons. The van der Waals surface area contributed by atoms with Crippen molar-refractivity contribution in [2.45, 2.75) is 71.2 Å². The van der Waals surface area contributed by atoms with E-state index in [0.29, 0.717) is 6.10 Å². The molecular weight excluding hydrogens is 420 g/mol. The van der Waals surface area contributed by atoms with Gasteiger partial charge in [0.1, 0.15) is 5.75 Å². The van der Waals surface area contributed by atoms with E-state index in [4.69, 9.17) is 9.47 Å². The van der Waals surface area contributed by atoms with Gasteiger partial charge in [-0.05, 0) is 78.3 Å². The van der Waals surface area contributed by atoms with Crippen LogP contribution in [-0.2, 0) is 17.6 Å². The van der Waals surface area contributed by atoms with E-state index in [1.54, 1.807) is 29.0 Å². The van der Waals surface area contributed by atoms with Crippen LogP contribution in [0.25, 0.3) is 0 Å². The maximum Gasteiger partial charge on any atom is 0.119 e. The first kappa shape index (κ1) is 24.0. The second-order valence-electron chi connectivity index (χ2n) is 11.2. The summed E-state index contributed by atoms with van der Waals surface area (Å²) < 4.78 is 11.4. The van der Waals surface area contributed by atoms with E-state index in [-0.39, 0.29) is 5.41 Å². The third kappa shape index (κ3) is 5.20. The molecular formula is C30H40O2Si. The fourth-order valence-corrected chi connectivity index (χ4v) is 8.06. The Morgan fingerprint density at radius 3 is 2.30 bits per heavy atom. The highest BCUT2D eigenvalue weighted by Gasteiger charge is 2.46. The van der Waals surface area contributed by atoms with Crippen LogP contribution in [-0.4, -0.2) is 28.4 Å². The Balaban J connectivity index is 1.78.